The lowest BCUT2D eigenvalue weighted by atomic mass is 10.1. The first-order valence-corrected chi connectivity index (χ1v) is 6.99. The molecule has 112 valence electrons. The van der Waals surface area contributed by atoms with Gasteiger partial charge < -0.3 is 10.1 Å². The van der Waals surface area contributed by atoms with Crippen LogP contribution in [0, 0.1) is 10.1 Å². The molecule has 0 amide bonds. The van der Waals surface area contributed by atoms with Crippen LogP contribution in [0.4, 0.5) is 11.4 Å². The zero-order chi connectivity index (χ0) is 15.1. The van der Waals surface area contributed by atoms with Gasteiger partial charge >= 0.3 is 5.69 Å². The zero-order valence-electron chi connectivity index (χ0n) is 12.0. The van der Waals surface area contributed by atoms with Crippen molar-refractivity contribution in [2.45, 2.75) is 19.3 Å². The minimum atomic E-state index is -0.396. The maximum absolute atomic E-state index is 11.1. The highest BCUT2D eigenvalue weighted by atomic mass is 16.6. The average molecular weight is 289 g/mol. The number of benzene rings is 1. The Morgan fingerprint density at radius 1 is 1.29 bits per heavy atom. The second-order valence-electron chi connectivity index (χ2n) is 4.77. The fraction of sp³-hybridized carbons (Fsp3) is 0.400. The van der Waals surface area contributed by atoms with Crippen molar-refractivity contribution >= 4 is 22.3 Å². The van der Waals surface area contributed by atoms with E-state index in [2.05, 4.69) is 10.3 Å². The first-order chi connectivity index (χ1) is 10.2. The second kappa shape index (κ2) is 7.54. The lowest BCUT2D eigenvalue weighted by molar-refractivity contribution is -0.384. The molecule has 0 atom stereocenters. The third-order valence-electron chi connectivity index (χ3n) is 3.28. The molecule has 0 aliphatic carbocycles. The quantitative estimate of drug-likeness (QED) is 0.458. The van der Waals surface area contributed by atoms with Crippen LogP contribution in [0.15, 0.2) is 30.5 Å². The lowest BCUT2D eigenvalue weighted by Crippen LogP contribution is -2.06. The van der Waals surface area contributed by atoms with Crippen molar-refractivity contribution in [3.8, 4) is 0 Å². The predicted molar refractivity (Wildman–Crippen MR) is 82.6 cm³/mol. The van der Waals surface area contributed by atoms with Gasteiger partial charge in [0.15, 0.2) is 0 Å². The molecule has 1 aromatic carbocycles. The molecule has 0 saturated heterocycles. The molecule has 0 fully saturated rings. The van der Waals surface area contributed by atoms with Crippen LogP contribution in [-0.2, 0) is 4.74 Å². The Morgan fingerprint density at radius 2 is 2.10 bits per heavy atom. The molecule has 1 heterocycles. The Morgan fingerprint density at radius 3 is 2.86 bits per heavy atom. The fourth-order valence-corrected chi connectivity index (χ4v) is 2.22. The number of nitrogens with zero attached hydrogens (tertiary/aromatic N) is 2. The molecule has 1 N–H and O–H groups in total. The first-order valence-electron chi connectivity index (χ1n) is 6.99. The molecule has 0 unspecified atom stereocenters. The summed E-state index contributed by atoms with van der Waals surface area (Å²) in [5.41, 5.74) is 1.33. The van der Waals surface area contributed by atoms with Crippen molar-refractivity contribution in [2.24, 2.45) is 0 Å². The van der Waals surface area contributed by atoms with Gasteiger partial charge in [0.25, 0.3) is 0 Å². The van der Waals surface area contributed by atoms with Gasteiger partial charge in [-0.15, -0.1) is 0 Å². The molecule has 6 heteroatoms. The summed E-state index contributed by atoms with van der Waals surface area (Å²) in [4.78, 5) is 14.9. The lowest BCUT2D eigenvalue weighted by Gasteiger charge is -2.10. The summed E-state index contributed by atoms with van der Waals surface area (Å²) in [6.45, 7) is 1.44. The number of hydrogen-bond donors (Lipinski definition) is 1. The van der Waals surface area contributed by atoms with E-state index in [9.17, 15) is 10.1 Å². The summed E-state index contributed by atoms with van der Waals surface area (Å²) in [6.07, 6.45) is 4.28. The van der Waals surface area contributed by atoms with Crippen LogP contribution >= 0.6 is 0 Å². The molecular weight excluding hydrogens is 270 g/mol. The van der Waals surface area contributed by atoms with E-state index >= 15 is 0 Å². The Bertz CT molecular complexity index is 616. The summed E-state index contributed by atoms with van der Waals surface area (Å²) in [7, 11) is 1.69. The number of hydrogen-bond acceptors (Lipinski definition) is 5. The molecule has 1 aromatic heterocycles. The standard InChI is InChI=1S/C15H19N3O3/c1-21-10-6-2-5-9-16-15-12-7-3-4-8-13(12)17-11-14(15)18(19)20/h3-4,7-8,11H,2,5-6,9-10H2,1H3,(H,16,17). The van der Waals surface area contributed by atoms with Crippen LogP contribution in [-0.4, -0.2) is 30.2 Å². The number of nitrogens with one attached hydrogen (secondary N) is 1. The van der Waals surface area contributed by atoms with Gasteiger partial charge in [-0.2, -0.15) is 0 Å². The van der Waals surface area contributed by atoms with Crippen LogP contribution in [0.3, 0.4) is 0 Å². The topological polar surface area (TPSA) is 77.3 Å². The van der Waals surface area contributed by atoms with Gasteiger partial charge in [0.1, 0.15) is 11.9 Å². The number of fused-ring (bicyclic) bond motifs is 1. The van der Waals surface area contributed by atoms with Gasteiger partial charge in [-0.05, 0) is 25.3 Å². The summed E-state index contributed by atoms with van der Waals surface area (Å²) in [6, 6.07) is 7.43. The van der Waals surface area contributed by atoms with Crippen LogP contribution in [0.25, 0.3) is 10.9 Å². The number of methoxy groups -OCH3 is 1. The summed E-state index contributed by atoms with van der Waals surface area (Å²) in [5.74, 6) is 0. The maximum Gasteiger partial charge on any atom is 0.311 e. The smallest absolute Gasteiger partial charge is 0.311 e. The van der Waals surface area contributed by atoms with Crippen molar-refractivity contribution in [1.82, 2.24) is 4.98 Å². The largest absolute Gasteiger partial charge is 0.385 e. The van der Waals surface area contributed by atoms with E-state index in [0.717, 1.165) is 36.8 Å². The molecule has 0 saturated carbocycles. The number of para-hydroxylation sites is 1. The Balaban J connectivity index is 2.12. The van der Waals surface area contributed by atoms with Gasteiger partial charge in [0, 0.05) is 25.6 Å². The summed E-state index contributed by atoms with van der Waals surface area (Å²) < 4.78 is 5.00. The number of rotatable bonds is 8. The van der Waals surface area contributed by atoms with Crippen LogP contribution < -0.4 is 5.32 Å². The van der Waals surface area contributed by atoms with Crippen molar-refractivity contribution in [2.75, 3.05) is 25.6 Å². The number of nitro groups is 1. The summed E-state index contributed by atoms with van der Waals surface area (Å²) in [5, 5.41) is 15.1. The molecule has 6 nitrogen and oxygen atoms in total. The van der Waals surface area contributed by atoms with Crippen molar-refractivity contribution in [3.63, 3.8) is 0 Å². The summed E-state index contributed by atoms with van der Waals surface area (Å²) >= 11 is 0. The van der Waals surface area contributed by atoms with E-state index in [4.69, 9.17) is 4.74 Å². The molecule has 21 heavy (non-hydrogen) atoms. The number of aromatic nitrogens is 1. The molecular formula is C15H19N3O3. The Kier molecular flexibility index (Phi) is 5.45. The maximum atomic E-state index is 11.1. The Hall–Kier alpha value is -2.21. The molecule has 0 bridgehead atoms. The van der Waals surface area contributed by atoms with E-state index in [1.807, 2.05) is 24.3 Å². The van der Waals surface area contributed by atoms with Gasteiger partial charge in [-0.1, -0.05) is 18.2 Å². The highest BCUT2D eigenvalue weighted by Crippen LogP contribution is 2.31. The van der Waals surface area contributed by atoms with E-state index < -0.39 is 4.92 Å². The highest BCUT2D eigenvalue weighted by molar-refractivity contribution is 5.95. The average Bonchev–Trinajstić information content (AvgIpc) is 2.50. The van der Waals surface area contributed by atoms with Crippen LogP contribution in [0.1, 0.15) is 19.3 Å². The molecule has 0 aliphatic heterocycles. The van der Waals surface area contributed by atoms with Crippen molar-refractivity contribution in [1.29, 1.82) is 0 Å². The third kappa shape index (κ3) is 3.88. The molecule has 0 spiro atoms. The molecule has 2 aromatic rings. The number of unbranched alkanes of at least 4 members (excludes halogenated alkanes) is 2. The fourth-order valence-electron chi connectivity index (χ4n) is 2.22. The molecule has 0 radical (unpaired) electrons. The van der Waals surface area contributed by atoms with Crippen molar-refractivity contribution < 1.29 is 9.66 Å². The van der Waals surface area contributed by atoms with Crippen LogP contribution in [0.5, 0.6) is 0 Å². The molecule has 0 aliphatic rings. The minimum absolute atomic E-state index is 0.0191. The van der Waals surface area contributed by atoms with Gasteiger partial charge in [0.05, 0.1) is 10.4 Å². The minimum Gasteiger partial charge on any atom is -0.385 e. The molecule has 2 rings (SSSR count). The van der Waals surface area contributed by atoms with E-state index in [0.29, 0.717) is 12.2 Å². The van der Waals surface area contributed by atoms with Crippen LogP contribution in [0.2, 0.25) is 0 Å². The second-order valence-corrected chi connectivity index (χ2v) is 4.77. The third-order valence-corrected chi connectivity index (χ3v) is 3.28. The zero-order valence-corrected chi connectivity index (χ0v) is 12.0. The van der Waals surface area contributed by atoms with Gasteiger partial charge in [-0.25, -0.2) is 4.98 Å². The number of ether oxygens (including phenoxy) is 1. The highest BCUT2D eigenvalue weighted by Gasteiger charge is 2.17. The van der Waals surface area contributed by atoms with E-state index in [-0.39, 0.29) is 5.69 Å². The Labute approximate surface area is 123 Å². The van der Waals surface area contributed by atoms with Crippen molar-refractivity contribution in [3.05, 3.63) is 40.6 Å². The van der Waals surface area contributed by atoms with Gasteiger partial charge in [-0.3, -0.25) is 10.1 Å². The monoisotopic (exact) mass is 289 g/mol. The first kappa shape index (κ1) is 15.2. The number of pyridine rings is 1. The predicted octanol–water partition coefficient (Wildman–Crippen LogP) is 3.37. The number of anilines is 1. The SMILES string of the molecule is COCCCCCNc1c([N+](=O)[O-])cnc2ccccc12. The van der Waals surface area contributed by atoms with E-state index in [1.54, 1.807) is 7.11 Å². The van der Waals surface area contributed by atoms with Gasteiger partial charge in [0.2, 0.25) is 0 Å². The normalized spacial score (nSPS) is 10.7. The van der Waals surface area contributed by atoms with E-state index in [1.165, 1.54) is 6.20 Å².